The number of rotatable bonds is 4. The van der Waals surface area contributed by atoms with E-state index >= 15 is 0 Å². The van der Waals surface area contributed by atoms with Gasteiger partial charge in [-0.1, -0.05) is 6.08 Å². The van der Waals surface area contributed by atoms with Crippen molar-refractivity contribution in [2.45, 2.75) is 25.9 Å². The van der Waals surface area contributed by atoms with Crippen LogP contribution in [0.1, 0.15) is 25.5 Å². The fourth-order valence-corrected chi connectivity index (χ4v) is 1.22. The molecule has 1 rings (SSSR count). The van der Waals surface area contributed by atoms with Crippen molar-refractivity contribution in [3.8, 4) is 0 Å². The lowest BCUT2D eigenvalue weighted by Crippen LogP contribution is -2.27. The van der Waals surface area contributed by atoms with Crippen LogP contribution < -0.4 is 5.32 Å². The van der Waals surface area contributed by atoms with Crippen molar-refractivity contribution in [3.05, 3.63) is 42.5 Å². The van der Waals surface area contributed by atoms with Crippen molar-refractivity contribution in [3.63, 3.8) is 0 Å². The van der Waals surface area contributed by atoms with Gasteiger partial charge in [-0.05, 0) is 25.5 Å². The molecule has 76 valence electrons. The molecule has 0 spiro atoms. The molecule has 0 saturated carbocycles. The van der Waals surface area contributed by atoms with Gasteiger partial charge in [-0.3, -0.25) is 4.98 Å². The van der Waals surface area contributed by atoms with Crippen molar-refractivity contribution in [1.82, 2.24) is 10.3 Å². The first kappa shape index (κ1) is 10.9. The Morgan fingerprint density at radius 1 is 1.50 bits per heavy atom. The van der Waals surface area contributed by atoms with Crippen LogP contribution in [0.25, 0.3) is 0 Å². The standard InChI is InChI=1S/C11H15FN2/c1-4-8(2)14-9(3)10-5-11(12)7-13-6-10/h4-9,14H,1H2,2-3H3. The van der Waals surface area contributed by atoms with E-state index < -0.39 is 0 Å². The maximum absolute atomic E-state index is 12.8. The van der Waals surface area contributed by atoms with Gasteiger partial charge >= 0.3 is 0 Å². The van der Waals surface area contributed by atoms with Crippen molar-refractivity contribution in [2.24, 2.45) is 0 Å². The number of pyridine rings is 1. The van der Waals surface area contributed by atoms with Crippen molar-refractivity contribution < 1.29 is 4.39 Å². The zero-order chi connectivity index (χ0) is 10.6. The molecule has 0 aliphatic carbocycles. The highest BCUT2D eigenvalue weighted by molar-refractivity contribution is 5.14. The van der Waals surface area contributed by atoms with Gasteiger partial charge in [0.2, 0.25) is 0 Å². The Kier molecular flexibility index (Phi) is 3.77. The molecule has 0 aromatic carbocycles. The average molecular weight is 194 g/mol. The van der Waals surface area contributed by atoms with Gasteiger partial charge in [-0.2, -0.15) is 0 Å². The summed E-state index contributed by atoms with van der Waals surface area (Å²) >= 11 is 0. The monoisotopic (exact) mass is 194 g/mol. The van der Waals surface area contributed by atoms with Gasteiger partial charge in [0, 0.05) is 18.3 Å². The summed E-state index contributed by atoms with van der Waals surface area (Å²) in [5.41, 5.74) is 0.846. The Hall–Kier alpha value is -1.22. The summed E-state index contributed by atoms with van der Waals surface area (Å²) in [6.07, 6.45) is 4.67. The summed E-state index contributed by atoms with van der Waals surface area (Å²) in [5.74, 6) is -0.303. The SMILES string of the molecule is C=CC(C)NC(C)c1cncc(F)c1. The fourth-order valence-electron chi connectivity index (χ4n) is 1.22. The molecule has 2 atom stereocenters. The summed E-state index contributed by atoms with van der Waals surface area (Å²) in [6.45, 7) is 7.64. The smallest absolute Gasteiger partial charge is 0.141 e. The highest BCUT2D eigenvalue weighted by Gasteiger charge is 2.07. The highest BCUT2D eigenvalue weighted by Crippen LogP contribution is 2.12. The molecule has 1 aromatic rings. The van der Waals surface area contributed by atoms with E-state index in [-0.39, 0.29) is 17.9 Å². The van der Waals surface area contributed by atoms with Gasteiger partial charge < -0.3 is 5.32 Å². The molecule has 14 heavy (non-hydrogen) atoms. The second kappa shape index (κ2) is 4.86. The number of hydrogen-bond acceptors (Lipinski definition) is 2. The first-order valence-electron chi connectivity index (χ1n) is 4.62. The normalized spacial score (nSPS) is 14.8. The van der Waals surface area contributed by atoms with Gasteiger partial charge in [0.15, 0.2) is 0 Å². The van der Waals surface area contributed by atoms with Gasteiger partial charge in [-0.25, -0.2) is 4.39 Å². The number of nitrogens with zero attached hydrogens (tertiary/aromatic N) is 1. The van der Waals surface area contributed by atoms with Gasteiger partial charge in [0.1, 0.15) is 5.82 Å². The minimum atomic E-state index is -0.303. The van der Waals surface area contributed by atoms with Crippen LogP contribution in [0.5, 0.6) is 0 Å². The Balaban J connectivity index is 2.69. The van der Waals surface area contributed by atoms with E-state index in [2.05, 4.69) is 16.9 Å². The predicted molar refractivity (Wildman–Crippen MR) is 55.4 cm³/mol. The third kappa shape index (κ3) is 2.92. The first-order valence-corrected chi connectivity index (χ1v) is 4.62. The molecule has 0 radical (unpaired) electrons. The summed E-state index contributed by atoms with van der Waals surface area (Å²) in [6, 6.07) is 1.76. The van der Waals surface area contributed by atoms with Crippen LogP contribution in [0.4, 0.5) is 4.39 Å². The number of nitrogens with one attached hydrogen (secondary N) is 1. The highest BCUT2D eigenvalue weighted by atomic mass is 19.1. The molecule has 1 aromatic heterocycles. The van der Waals surface area contributed by atoms with E-state index in [1.165, 1.54) is 12.3 Å². The molecule has 2 nitrogen and oxygen atoms in total. The molecule has 0 amide bonds. The molecular formula is C11H15FN2. The lowest BCUT2D eigenvalue weighted by atomic mass is 10.1. The summed E-state index contributed by atoms with van der Waals surface area (Å²) in [7, 11) is 0. The maximum Gasteiger partial charge on any atom is 0.141 e. The number of hydrogen-bond donors (Lipinski definition) is 1. The zero-order valence-corrected chi connectivity index (χ0v) is 8.50. The summed E-state index contributed by atoms with van der Waals surface area (Å²) in [4.78, 5) is 3.80. The maximum atomic E-state index is 12.8. The number of aromatic nitrogens is 1. The van der Waals surface area contributed by atoms with Crippen molar-refractivity contribution in [1.29, 1.82) is 0 Å². The van der Waals surface area contributed by atoms with E-state index in [0.29, 0.717) is 0 Å². The van der Waals surface area contributed by atoms with Crippen LogP contribution in [-0.2, 0) is 0 Å². The Bertz CT molecular complexity index is 312. The molecule has 0 aliphatic rings. The molecule has 0 aliphatic heterocycles. The lowest BCUT2D eigenvalue weighted by molar-refractivity contribution is 0.529. The van der Waals surface area contributed by atoms with Crippen LogP contribution in [0.15, 0.2) is 31.1 Å². The topological polar surface area (TPSA) is 24.9 Å². The summed E-state index contributed by atoms with van der Waals surface area (Å²) in [5, 5.41) is 3.25. The van der Waals surface area contributed by atoms with E-state index in [1.807, 2.05) is 19.9 Å². The van der Waals surface area contributed by atoms with Crippen LogP contribution in [-0.4, -0.2) is 11.0 Å². The fraction of sp³-hybridized carbons (Fsp3) is 0.364. The molecule has 1 N–H and O–H groups in total. The lowest BCUT2D eigenvalue weighted by Gasteiger charge is -2.17. The minimum absolute atomic E-state index is 0.0752. The van der Waals surface area contributed by atoms with Crippen LogP contribution in [0.3, 0.4) is 0 Å². The van der Waals surface area contributed by atoms with Crippen molar-refractivity contribution in [2.75, 3.05) is 0 Å². The van der Waals surface area contributed by atoms with Gasteiger partial charge in [0.25, 0.3) is 0 Å². The van der Waals surface area contributed by atoms with Crippen LogP contribution in [0.2, 0.25) is 0 Å². The molecule has 2 unspecified atom stereocenters. The zero-order valence-electron chi connectivity index (χ0n) is 8.50. The van der Waals surface area contributed by atoms with E-state index in [4.69, 9.17) is 0 Å². The van der Waals surface area contributed by atoms with E-state index in [9.17, 15) is 4.39 Å². The van der Waals surface area contributed by atoms with E-state index in [0.717, 1.165) is 5.56 Å². The second-order valence-electron chi connectivity index (χ2n) is 3.35. The van der Waals surface area contributed by atoms with Crippen molar-refractivity contribution >= 4 is 0 Å². The number of halogens is 1. The van der Waals surface area contributed by atoms with Gasteiger partial charge in [-0.15, -0.1) is 6.58 Å². The second-order valence-corrected chi connectivity index (χ2v) is 3.35. The van der Waals surface area contributed by atoms with Crippen LogP contribution >= 0.6 is 0 Å². The Labute approximate surface area is 83.9 Å². The van der Waals surface area contributed by atoms with Gasteiger partial charge in [0.05, 0.1) is 6.20 Å². The Morgan fingerprint density at radius 3 is 2.79 bits per heavy atom. The average Bonchev–Trinajstić information content (AvgIpc) is 2.17. The molecular weight excluding hydrogens is 179 g/mol. The Morgan fingerprint density at radius 2 is 2.21 bits per heavy atom. The van der Waals surface area contributed by atoms with Crippen LogP contribution in [0, 0.1) is 5.82 Å². The summed E-state index contributed by atoms with van der Waals surface area (Å²) < 4.78 is 12.8. The molecule has 0 fully saturated rings. The molecule has 3 heteroatoms. The minimum Gasteiger partial charge on any atom is -0.304 e. The molecule has 0 bridgehead atoms. The van der Waals surface area contributed by atoms with E-state index in [1.54, 1.807) is 6.20 Å². The molecule has 0 saturated heterocycles. The first-order chi connectivity index (χ1) is 6.63. The quantitative estimate of drug-likeness (QED) is 0.745. The third-order valence-corrected chi connectivity index (χ3v) is 2.09. The third-order valence-electron chi connectivity index (χ3n) is 2.09. The predicted octanol–water partition coefficient (Wildman–Crippen LogP) is 2.45. The molecule has 1 heterocycles. The largest absolute Gasteiger partial charge is 0.304 e.